The summed E-state index contributed by atoms with van der Waals surface area (Å²) in [5, 5.41) is 12.6. The van der Waals surface area contributed by atoms with Gasteiger partial charge < -0.3 is 5.11 Å². The summed E-state index contributed by atoms with van der Waals surface area (Å²) in [6.07, 6.45) is 1.65. The molecule has 0 heterocycles. The van der Waals surface area contributed by atoms with E-state index in [0.29, 0.717) is 16.3 Å². The number of benzene rings is 3. The summed E-state index contributed by atoms with van der Waals surface area (Å²) >= 11 is 9.51. The molecule has 0 aromatic heterocycles. The van der Waals surface area contributed by atoms with Crippen LogP contribution in [0.15, 0.2) is 64.1 Å². The Balaban J connectivity index is 2.09. The molecule has 0 saturated heterocycles. The van der Waals surface area contributed by atoms with Crippen LogP contribution in [0.2, 0.25) is 5.02 Å². The first kappa shape index (κ1) is 14.1. The average Bonchev–Trinajstić information content (AvgIpc) is 2.48. The quantitative estimate of drug-likeness (QED) is 0.583. The largest absolute Gasteiger partial charge is 0.507 e. The van der Waals surface area contributed by atoms with E-state index in [1.165, 1.54) is 0 Å². The predicted octanol–water partition coefficient (Wildman–Crippen LogP) is 5.71. The fraction of sp³-hybridized carbons (Fsp3) is 0. The molecule has 0 bridgehead atoms. The average molecular weight is 361 g/mol. The van der Waals surface area contributed by atoms with Gasteiger partial charge >= 0.3 is 0 Å². The van der Waals surface area contributed by atoms with Gasteiger partial charge in [-0.25, -0.2) is 0 Å². The van der Waals surface area contributed by atoms with E-state index in [1.807, 2.05) is 42.5 Å². The molecule has 0 atom stereocenters. The molecule has 0 saturated carbocycles. The Bertz CT molecular complexity index is 845. The standard InChI is InChI=1S/C17H11BrClNO/c18-12-6-7-16(15(19)9-12)20-10-14-13-4-2-1-3-11(13)5-8-17(14)21/h1-10,21H. The maximum Gasteiger partial charge on any atom is 0.124 e. The first-order valence-corrected chi connectivity index (χ1v) is 7.52. The van der Waals surface area contributed by atoms with Crippen molar-refractivity contribution < 1.29 is 5.11 Å². The van der Waals surface area contributed by atoms with Crippen molar-refractivity contribution in [3.05, 3.63) is 69.7 Å². The molecule has 4 heteroatoms. The van der Waals surface area contributed by atoms with Crippen LogP contribution in [0.1, 0.15) is 5.56 Å². The van der Waals surface area contributed by atoms with Crippen molar-refractivity contribution in [1.29, 1.82) is 0 Å². The number of hydrogen-bond donors (Lipinski definition) is 1. The number of phenols is 1. The molecule has 0 unspecified atom stereocenters. The molecule has 0 aliphatic rings. The minimum absolute atomic E-state index is 0.200. The highest BCUT2D eigenvalue weighted by molar-refractivity contribution is 9.10. The zero-order valence-electron chi connectivity index (χ0n) is 10.9. The third kappa shape index (κ3) is 2.94. The van der Waals surface area contributed by atoms with Gasteiger partial charge in [0.1, 0.15) is 5.75 Å². The molecule has 0 amide bonds. The normalized spacial score (nSPS) is 11.3. The van der Waals surface area contributed by atoms with Crippen molar-refractivity contribution in [2.75, 3.05) is 0 Å². The second-order valence-corrected chi connectivity index (χ2v) is 5.90. The predicted molar refractivity (Wildman–Crippen MR) is 92.0 cm³/mol. The highest BCUT2D eigenvalue weighted by atomic mass is 79.9. The third-order valence-corrected chi connectivity index (χ3v) is 3.99. The Morgan fingerprint density at radius 1 is 1.05 bits per heavy atom. The van der Waals surface area contributed by atoms with Gasteiger partial charge in [0.15, 0.2) is 0 Å². The molecule has 0 radical (unpaired) electrons. The van der Waals surface area contributed by atoms with E-state index in [0.717, 1.165) is 15.2 Å². The summed E-state index contributed by atoms with van der Waals surface area (Å²) < 4.78 is 0.902. The molecule has 0 spiro atoms. The zero-order chi connectivity index (χ0) is 14.8. The van der Waals surface area contributed by atoms with E-state index in [1.54, 1.807) is 18.3 Å². The SMILES string of the molecule is Oc1ccc2ccccc2c1C=Nc1ccc(Br)cc1Cl. The molecular weight excluding hydrogens is 350 g/mol. The van der Waals surface area contributed by atoms with E-state index in [2.05, 4.69) is 20.9 Å². The van der Waals surface area contributed by atoms with E-state index < -0.39 is 0 Å². The van der Waals surface area contributed by atoms with Crippen LogP contribution in [-0.4, -0.2) is 11.3 Å². The fourth-order valence-corrected chi connectivity index (χ4v) is 2.86. The molecule has 21 heavy (non-hydrogen) atoms. The Morgan fingerprint density at radius 3 is 2.67 bits per heavy atom. The lowest BCUT2D eigenvalue weighted by atomic mass is 10.0. The third-order valence-electron chi connectivity index (χ3n) is 3.19. The van der Waals surface area contributed by atoms with Gasteiger partial charge in [0, 0.05) is 16.3 Å². The summed E-state index contributed by atoms with van der Waals surface area (Å²) in [5.74, 6) is 0.200. The van der Waals surface area contributed by atoms with Crippen molar-refractivity contribution in [3.8, 4) is 5.75 Å². The van der Waals surface area contributed by atoms with Crippen molar-refractivity contribution in [2.45, 2.75) is 0 Å². The van der Waals surface area contributed by atoms with Gasteiger partial charge in [-0.2, -0.15) is 0 Å². The molecule has 3 aromatic carbocycles. The number of phenolic OH excluding ortho intramolecular Hbond substituents is 1. The van der Waals surface area contributed by atoms with E-state index in [9.17, 15) is 5.11 Å². The highest BCUT2D eigenvalue weighted by Gasteiger charge is 2.05. The van der Waals surface area contributed by atoms with E-state index in [-0.39, 0.29) is 5.75 Å². The maximum atomic E-state index is 10.1. The van der Waals surface area contributed by atoms with Crippen molar-refractivity contribution >= 4 is 50.2 Å². The number of fused-ring (bicyclic) bond motifs is 1. The lowest BCUT2D eigenvalue weighted by Gasteiger charge is -2.05. The van der Waals surface area contributed by atoms with Crippen LogP contribution >= 0.6 is 27.5 Å². The molecule has 0 aliphatic heterocycles. The Kier molecular flexibility index (Phi) is 3.95. The zero-order valence-corrected chi connectivity index (χ0v) is 13.3. The maximum absolute atomic E-state index is 10.1. The van der Waals surface area contributed by atoms with Crippen LogP contribution in [0.3, 0.4) is 0 Å². The van der Waals surface area contributed by atoms with Gasteiger partial charge in [-0.15, -0.1) is 0 Å². The smallest absolute Gasteiger partial charge is 0.124 e. The summed E-state index contributed by atoms with van der Waals surface area (Å²) in [4.78, 5) is 4.39. The van der Waals surface area contributed by atoms with Gasteiger partial charge in [-0.3, -0.25) is 4.99 Å². The molecule has 1 N–H and O–H groups in total. The lowest BCUT2D eigenvalue weighted by Crippen LogP contribution is -1.86. The number of aliphatic imine (C=N–C) groups is 1. The Labute approximate surface area is 135 Å². The molecule has 3 rings (SSSR count). The molecule has 104 valence electrons. The summed E-state index contributed by atoms with van der Waals surface area (Å²) in [5.41, 5.74) is 1.35. The number of hydrogen-bond acceptors (Lipinski definition) is 2. The van der Waals surface area contributed by atoms with Crippen LogP contribution in [0.25, 0.3) is 10.8 Å². The second kappa shape index (κ2) is 5.88. The second-order valence-electron chi connectivity index (χ2n) is 4.57. The Hall–Kier alpha value is -1.84. The highest BCUT2D eigenvalue weighted by Crippen LogP contribution is 2.30. The first-order valence-electron chi connectivity index (χ1n) is 6.35. The molecule has 0 fully saturated rings. The van der Waals surface area contributed by atoms with Gasteiger partial charge in [0.25, 0.3) is 0 Å². The Morgan fingerprint density at radius 2 is 1.86 bits per heavy atom. The summed E-state index contributed by atoms with van der Waals surface area (Å²) in [6, 6.07) is 16.9. The first-order chi connectivity index (χ1) is 10.1. The van der Waals surface area contributed by atoms with Gasteiger partial charge in [0.05, 0.1) is 10.7 Å². The number of aromatic hydroxyl groups is 1. The van der Waals surface area contributed by atoms with Crippen molar-refractivity contribution in [2.24, 2.45) is 4.99 Å². The van der Waals surface area contributed by atoms with E-state index >= 15 is 0 Å². The van der Waals surface area contributed by atoms with Crippen LogP contribution in [0.5, 0.6) is 5.75 Å². The molecule has 0 aliphatic carbocycles. The van der Waals surface area contributed by atoms with Gasteiger partial charge in [-0.05, 0) is 35.0 Å². The van der Waals surface area contributed by atoms with Crippen LogP contribution in [0, 0.1) is 0 Å². The monoisotopic (exact) mass is 359 g/mol. The van der Waals surface area contributed by atoms with E-state index in [4.69, 9.17) is 11.6 Å². The molecule has 2 nitrogen and oxygen atoms in total. The molecule has 3 aromatic rings. The van der Waals surface area contributed by atoms with Crippen molar-refractivity contribution in [3.63, 3.8) is 0 Å². The van der Waals surface area contributed by atoms with Gasteiger partial charge in [0.2, 0.25) is 0 Å². The number of rotatable bonds is 2. The fourth-order valence-electron chi connectivity index (χ4n) is 2.14. The number of halogens is 2. The molecular formula is C17H11BrClNO. The lowest BCUT2D eigenvalue weighted by molar-refractivity contribution is 0.475. The van der Waals surface area contributed by atoms with Crippen LogP contribution in [0.4, 0.5) is 5.69 Å². The minimum Gasteiger partial charge on any atom is -0.507 e. The topological polar surface area (TPSA) is 32.6 Å². The minimum atomic E-state index is 0.200. The number of nitrogens with zero attached hydrogens (tertiary/aromatic N) is 1. The van der Waals surface area contributed by atoms with Gasteiger partial charge in [-0.1, -0.05) is 57.9 Å². The summed E-state index contributed by atoms with van der Waals surface area (Å²) in [6.45, 7) is 0. The summed E-state index contributed by atoms with van der Waals surface area (Å²) in [7, 11) is 0. The van der Waals surface area contributed by atoms with Crippen molar-refractivity contribution in [1.82, 2.24) is 0 Å². The van der Waals surface area contributed by atoms with Crippen LogP contribution in [-0.2, 0) is 0 Å². The van der Waals surface area contributed by atoms with Crippen LogP contribution < -0.4 is 0 Å².